The van der Waals surface area contributed by atoms with Crippen LogP contribution in [0, 0.1) is 0 Å². The van der Waals surface area contributed by atoms with Crippen LogP contribution in [0.4, 0.5) is 34.1 Å². The monoisotopic (exact) mass is 809 g/mol. The van der Waals surface area contributed by atoms with Gasteiger partial charge in [0.2, 0.25) is 0 Å². The van der Waals surface area contributed by atoms with Crippen molar-refractivity contribution in [1.82, 2.24) is 0 Å². The molecule has 0 fully saturated rings. The Balaban J connectivity index is 1.45. The van der Waals surface area contributed by atoms with Gasteiger partial charge in [-0.05, 0) is 167 Å². The molecule has 0 radical (unpaired) electrons. The van der Waals surface area contributed by atoms with E-state index in [0.717, 1.165) is 0 Å². The van der Waals surface area contributed by atoms with Crippen LogP contribution in [0.15, 0.2) is 84.9 Å². The van der Waals surface area contributed by atoms with E-state index in [1.54, 1.807) is 0 Å². The molecular weight excluding hydrogens is 735 g/mol. The fourth-order valence-corrected chi connectivity index (χ4v) is 11.3. The average Bonchev–Trinajstić information content (AvgIpc) is 3.16. The summed E-state index contributed by atoms with van der Waals surface area (Å²) in [5, 5.41) is 0. The molecule has 0 N–H and O–H groups in total. The van der Waals surface area contributed by atoms with Crippen LogP contribution in [0.3, 0.4) is 0 Å². The van der Waals surface area contributed by atoms with Gasteiger partial charge in [0.05, 0.1) is 0 Å². The van der Waals surface area contributed by atoms with Crippen LogP contribution in [-0.2, 0) is 37.9 Å². The van der Waals surface area contributed by atoms with Gasteiger partial charge in [-0.25, -0.2) is 0 Å². The third-order valence-corrected chi connectivity index (χ3v) is 15.8. The van der Waals surface area contributed by atoms with Crippen LogP contribution in [0.25, 0.3) is 0 Å². The van der Waals surface area contributed by atoms with Crippen molar-refractivity contribution < 1.29 is 0 Å². The molecule has 0 bridgehead atoms. The third kappa shape index (κ3) is 6.64. The second kappa shape index (κ2) is 13.2. The van der Waals surface area contributed by atoms with E-state index in [0.29, 0.717) is 0 Å². The average molecular weight is 809 g/mol. The summed E-state index contributed by atoms with van der Waals surface area (Å²) in [6, 6.07) is 34.9. The highest BCUT2D eigenvalue weighted by atomic mass is 15.2. The second-order valence-corrected chi connectivity index (χ2v) is 25.3. The molecule has 318 valence electrons. The molecule has 9 rings (SSSR count). The summed E-state index contributed by atoms with van der Waals surface area (Å²) in [5.41, 5.74) is 22.5. The van der Waals surface area contributed by atoms with Gasteiger partial charge in [0, 0.05) is 34.1 Å². The fourth-order valence-electron chi connectivity index (χ4n) is 11.3. The van der Waals surface area contributed by atoms with Crippen molar-refractivity contribution in [2.45, 2.75) is 181 Å². The summed E-state index contributed by atoms with van der Waals surface area (Å²) in [4.78, 5) is 5.35. The van der Waals surface area contributed by atoms with Gasteiger partial charge in [-0.3, -0.25) is 0 Å². The van der Waals surface area contributed by atoms with Crippen LogP contribution in [0.5, 0.6) is 0 Å². The van der Waals surface area contributed by atoms with Gasteiger partial charge in [0.1, 0.15) is 0 Å². The van der Waals surface area contributed by atoms with E-state index < -0.39 is 0 Å². The summed E-state index contributed by atoms with van der Waals surface area (Å²) in [7, 11) is 0. The topological polar surface area (TPSA) is 6.48 Å². The molecule has 5 aromatic carbocycles. The van der Waals surface area contributed by atoms with Crippen molar-refractivity contribution in [2.75, 3.05) is 9.80 Å². The van der Waals surface area contributed by atoms with Crippen LogP contribution in [0.1, 0.15) is 182 Å². The Labute approximate surface area is 370 Å². The first-order valence-electron chi connectivity index (χ1n) is 23.5. The maximum absolute atomic E-state index is 2.72. The van der Waals surface area contributed by atoms with Gasteiger partial charge in [-0.1, -0.05) is 154 Å². The molecule has 4 aliphatic rings. The van der Waals surface area contributed by atoms with Crippen LogP contribution < -0.4 is 26.2 Å². The quantitative estimate of drug-likeness (QED) is 0.161. The van der Waals surface area contributed by atoms with E-state index in [1.165, 1.54) is 115 Å². The van der Waals surface area contributed by atoms with E-state index in [4.69, 9.17) is 0 Å². The summed E-state index contributed by atoms with van der Waals surface area (Å²) in [6.45, 7) is 41.2. The Hall–Kier alpha value is -4.24. The van der Waals surface area contributed by atoms with E-state index >= 15 is 0 Å². The van der Waals surface area contributed by atoms with Crippen molar-refractivity contribution in [1.29, 1.82) is 0 Å². The zero-order valence-electron chi connectivity index (χ0n) is 40.9. The number of nitrogens with zero attached hydrogens (tertiary/aromatic N) is 2. The molecule has 0 saturated carbocycles. The lowest BCUT2D eigenvalue weighted by Gasteiger charge is -2.48. The van der Waals surface area contributed by atoms with Crippen molar-refractivity contribution >= 4 is 57.2 Å². The van der Waals surface area contributed by atoms with E-state index in [9.17, 15) is 0 Å². The summed E-state index contributed by atoms with van der Waals surface area (Å²) < 4.78 is 0. The second-order valence-electron chi connectivity index (χ2n) is 25.3. The van der Waals surface area contributed by atoms with Crippen molar-refractivity contribution in [3.63, 3.8) is 0 Å². The molecule has 3 heteroatoms. The highest BCUT2D eigenvalue weighted by Crippen LogP contribution is 2.53. The Morgan fingerprint density at radius 3 is 1.41 bits per heavy atom. The number of benzene rings is 5. The Morgan fingerprint density at radius 1 is 0.393 bits per heavy atom. The van der Waals surface area contributed by atoms with Gasteiger partial charge in [0.25, 0.3) is 6.71 Å². The molecular formula is C58H73BN2. The van der Waals surface area contributed by atoms with Gasteiger partial charge in [-0.2, -0.15) is 0 Å². The van der Waals surface area contributed by atoms with Crippen molar-refractivity contribution in [2.24, 2.45) is 0 Å². The van der Waals surface area contributed by atoms with Gasteiger partial charge in [0.15, 0.2) is 0 Å². The molecule has 0 unspecified atom stereocenters. The Kier molecular flexibility index (Phi) is 9.07. The first-order chi connectivity index (χ1) is 28.1. The molecule has 0 saturated heterocycles. The van der Waals surface area contributed by atoms with Crippen LogP contribution in [-0.4, -0.2) is 6.71 Å². The zero-order chi connectivity index (χ0) is 44.2. The largest absolute Gasteiger partial charge is 0.311 e. The first-order valence-corrected chi connectivity index (χ1v) is 23.5. The van der Waals surface area contributed by atoms with Gasteiger partial charge < -0.3 is 9.80 Å². The maximum Gasteiger partial charge on any atom is 0.252 e. The molecule has 0 atom stereocenters. The maximum atomic E-state index is 2.72. The Bertz CT molecular complexity index is 2610. The minimum absolute atomic E-state index is 0.000319. The minimum Gasteiger partial charge on any atom is -0.311 e. The molecule has 2 nitrogen and oxygen atoms in total. The lowest BCUT2D eigenvalue weighted by Crippen LogP contribution is -2.62. The highest BCUT2D eigenvalue weighted by Gasteiger charge is 2.48. The highest BCUT2D eigenvalue weighted by molar-refractivity contribution is 7.00. The summed E-state index contributed by atoms with van der Waals surface area (Å²) >= 11 is 0. The number of hydrogen-bond donors (Lipinski definition) is 0. The predicted octanol–water partition coefficient (Wildman–Crippen LogP) is 14.4. The van der Waals surface area contributed by atoms with E-state index in [-0.39, 0.29) is 44.6 Å². The SMILES string of the molecule is CC(C)(C)c1cccc(N2c3ccc(C(C)(C)C)cc3B3c4cc5c(cc4N(c4ccc6c(c4)C(C)(C)CCC6(C)C)c4cc(C(C)(C)C)cc2c43)C(C)(C)CCC5(C)C)c1. The third-order valence-electron chi connectivity index (χ3n) is 15.8. The summed E-state index contributed by atoms with van der Waals surface area (Å²) in [5.74, 6) is 0. The molecule has 0 aromatic heterocycles. The molecule has 2 aliphatic carbocycles. The number of hydrogen-bond acceptors (Lipinski definition) is 2. The minimum atomic E-state index is -0.0774. The van der Waals surface area contributed by atoms with Crippen molar-refractivity contribution in [3.05, 3.63) is 124 Å². The van der Waals surface area contributed by atoms with Gasteiger partial charge in [-0.15, -0.1) is 0 Å². The summed E-state index contributed by atoms with van der Waals surface area (Å²) in [6.07, 6.45) is 4.78. The lowest BCUT2D eigenvalue weighted by molar-refractivity contribution is 0.332. The number of fused-ring (bicyclic) bond motifs is 6. The molecule has 2 heterocycles. The normalized spacial score (nSPS) is 19.4. The van der Waals surface area contributed by atoms with Gasteiger partial charge >= 0.3 is 0 Å². The standard InChI is InChI=1S/C58H73BN2/c1-52(2,3)36-19-18-20-39(29-36)60-47-24-21-37(53(4,5)6)30-45(47)59-46-34-43-44(58(16,17)28-27-57(43,14)15)35-48(46)61(50-32-38(54(7,8)9)31-49(60)51(50)59)40-22-23-41-42(33-40)56(12,13)26-25-55(41,10)11/h18-24,29-35H,25-28H2,1-17H3. The molecule has 0 amide bonds. The van der Waals surface area contributed by atoms with E-state index in [1.807, 2.05) is 0 Å². The molecule has 61 heavy (non-hydrogen) atoms. The lowest BCUT2D eigenvalue weighted by atomic mass is 9.32. The van der Waals surface area contributed by atoms with Crippen molar-refractivity contribution in [3.8, 4) is 0 Å². The first kappa shape index (κ1) is 42.1. The fraction of sp³-hybridized carbons (Fsp3) is 0.483. The Morgan fingerprint density at radius 2 is 0.852 bits per heavy atom. The molecule has 5 aromatic rings. The van der Waals surface area contributed by atoms with Crippen LogP contribution >= 0.6 is 0 Å². The predicted molar refractivity (Wildman–Crippen MR) is 267 cm³/mol. The molecule has 2 aliphatic heterocycles. The number of rotatable bonds is 2. The molecule has 0 spiro atoms. The zero-order valence-corrected chi connectivity index (χ0v) is 40.9. The van der Waals surface area contributed by atoms with Crippen LogP contribution in [0.2, 0.25) is 0 Å². The number of anilines is 6. The van der Waals surface area contributed by atoms with E-state index in [2.05, 4.69) is 212 Å². The smallest absolute Gasteiger partial charge is 0.252 e.